The third-order valence-corrected chi connectivity index (χ3v) is 4.07. The molecular formula is C18H21NO2. The van der Waals surface area contributed by atoms with Crippen molar-refractivity contribution in [2.75, 3.05) is 7.11 Å². The second-order valence-corrected chi connectivity index (χ2v) is 5.61. The maximum Gasteiger partial charge on any atom is 0.125 e. The van der Waals surface area contributed by atoms with Crippen molar-refractivity contribution >= 4 is 0 Å². The van der Waals surface area contributed by atoms with E-state index in [2.05, 4.69) is 25.1 Å². The molecule has 0 amide bonds. The quantitative estimate of drug-likeness (QED) is 0.933. The van der Waals surface area contributed by atoms with Crippen LogP contribution >= 0.6 is 0 Å². The number of rotatable bonds is 4. The van der Waals surface area contributed by atoms with Crippen LogP contribution in [0, 0.1) is 6.92 Å². The molecule has 0 radical (unpaired) electrons. The number of ether oxygens (including phenoxy) is 2. The Morgan fingerprint density at radius 3 is 2.86 bits per heavy atom. The Morgan fingerprint density at radius 1 is 1.19 bits per heavy atom. The molecule has 1 atom stereocenters. The van der Waals surface area contributed by atoms with Crippen LogP contribution in [-0.2, 0) is 13.0 Å². The van der Waals surface area contributed by atoms with Gasteiger partial charge in [-0.2, -0.15) is 0 Å². The maximum atomic E-state index is 6.06. The van der Waals surface area contributed by atoms with Gasteiger partial charge in [-0.1, -0.05) is 17.7 Å². The molecule has 2 aromatic rings. The molecular weight excluding hydrogens is 262 g/mol. The van der Waals surface area contributed by atoms with Crippen LogP contribution in [0.25, 0.3) is 0 Å². The van der Waals surface area contributed by atoms with Crippen molar-refractivity contribution in [3.8, 4) is 11.5 Å². The van der Waals surface area contributed by atoms with Gasteiger partial charge in [0.15, 0.2) is 0 Å². The fraction of sp³-hybridized carbons (Fsp3) is 0.333. The first-order chi connectivity index (χ1) is 10.2. The largest absolute Gasteiger partial charge is 0.496 e. The van der Waals surface area contributed by atoms with Crippen LogP contribution in [0.5, 0.6) is 11.5 Å². The summed E-state index contributed by atoms with van der Waals surface area (Å²) in [6.45, 7) is 2.58. The summed E-state index contributed by atoms with van der Waals surface area (Å²) in [6, 6.07) is 12.5. The summed E-state index contributed by atoms with van der Waals surface area (Å²) in [5.41, 5.74) is 10.9. The molecule has 3 nitrogen and oxygen atoms in total. The SMILES string of the molecule is COc1ccc(C)cc1COc1ccc2c(c1)CC[C@@H]2N. The first-order valence-electron chi connectivity index (χ1n) is 7.32. The Bertz CT molecular complexity index is 652. The predicted octanol–water partition coefficient (Wildman–Crippen LogP) is 3.53. The van der Waals surface area contributed by atoms with Crippen molar-refractivity contribution in [3.63, 3.8) is 0 Å². The fourth-order valence-electron chi connectivity index (χ4n) is 2.90. The van der Waals surface area contributed by atoms with Crippen molar-refractivity contribution in [2.45, 2.75) is 32.4 Å². The molecule has 1 aliphatic carbocycles. The van der Waals surface area contributed by atoms with Gasteiger partial charge in [0.05, 0.1) is 7.11 Å². The van der Waals surface area contributed by atoms with E-state index in [1.807, 2.05) is 18.2 Å². The standard InChI is InChI=1S/C18H21NO2/c1-12-3-8-18(20-2)14(9-12)11-21-15-5-6-16-13(10-15)4-7-17(16)19/h3,5-6,8-10,17H,4,7,11,19H2,1-2H3/t17-/m0/s1. The van der Waals surface area contributed by atoms with Gasteiger partial charge >= 0.3 is 0 Å². The zero-order valence-electron chi connectivity index (χ0n) is 12.6. The average molecular weight is 283 g/mol. The molecule has 0 saturated carbocycles. The van der Waals surface area contributed by atoms with Crippen molar-refractivity contribution in [1.29, 1.82) is 0 Å². The van der Waals surface area contributed by atoms with Gasteiger partial charge in [0, 0.05) is 11.6 Å². The normalized spacial score (nSPS) is 16.6. The third-order valence-electron chi connectivity index (χ3n) is 4.07. The molecule has 0 heterocycles. The molecule has 3 rings (SSSR count). The van der Waals surface area contributed by atoms with Crippen LogP contribution < -0.4 is 15.2 Å². The van der Waals surface area contributed by atoms with Crippen molar-refractivity contribution in [2.24, 2.45) is 5.73 Å². The highest BCUT2D eigenvalue weighted by Gasteiger charge is 2.19. The van der Waals surface area contributed by atoms with Crippen LogP contribution in [0.3, 0.4) is 0 Å². The van der Waals surface area contributed by atoms with Gasteiger partial charge in [-0.05, 0) is 55.2 Å². The molecule has 0 aromatic heterocycles. The molecule has 3 heteroatoms. The molecule has 1 aliphatic rings. The molecule has 0 aliphatic heterocycles. The third kappa shape index (κ3) is 2.88. The summed E-state index contributed by atoms with van der Waals surface area (Å²) in [5, 5.41) is 0. The lowest BCUT2D eigenvalue weighted by Crippen LogP contribution is -2.05. The van der Waals surface area contributed by atoms with Gasteiger partial charge in [-0.15, -0.1) is 0 Å². The highest BCUT2D eigenvalue weighted by molar-refractivity contribution is 5.41. The second-order valence-electron chi connectivity index (χ2n) is 5.61. The minimum atomic E-state index is 0.186. The summed E-state index contributed by atoms with van der Waals surface area (Å²) in [4.78, 5) is 0. The Hall–Kier alpha value is -2.00. The zero-order valence-corrected chi connectivity index (χ0v) is 12.6. The van der Waals surface area contributed by atoms with E-state index in [0.29, 0.717) is 6.61 Å². The van der Waals surface area contributed by atoms with Crippen molar-refractivity contribution < 1.29 is 9.47 Å². The molecule has 2 aromatic carbocycles. The lowest BCUT2D eigenvalue weighted by atomic mass is 10.1. The number of hydrogen-bond donors (Lipinski definition) is 1. The number of nitrogens with two attached hydrogens (primary N) is 1. The molecule has 0 fully saturated rings. The summed E-state index contributed by atoms with van der Waals surface area (Å²) < 4.78 is 11.3. The number of methoxy groups -OCH3 is 1. The van der Waals surface area contributed by atoms with Gasteiger partial charge in [-0.25, -0.2) is 0 Å². The van der Waals surface area contributed by atoms with Crippen LogP contribution in [-0.4, -0.2) is 7.11 Å². The Labute approximate surface area is 125 Å². The Balaban J connectivity index is 1.75. The first kappa shape index (κ1) is 14.0. The van der Waals surface area contributed by atoms with Crippen LogP contribution in [0.4, 0.5) is 0 Å². The molecule has 2 N–H and O–H groups in total. The number of fused-ring (bicyclic) bond motifs is 1. The highest BCUT2D eigenvalue weighted by atomic mass is 16.5. The fourth-order valence-corrected chi connectivity index (χ4v) is 2.90. The molecule has 0 bridgehead atoms. The second kappa shape index (κ2) is 5.78. The van der Waals surface area contributed by atoms with E-state index < -0.39 is 0 Å². The number of benzene rings is 2. The van der Waals surface area contributed by atoms with Gasteiger partial charge in [0.2, 0.25) is 0 Å². The summed E-state index contributed by atoms with van der Waals surface area (Å²) >= 11 is 0. The minimum Gasteiger partial charge on any atom is -0.496 e. The Kier molecular flexibility index (Phi) is 3.84. The molecule has 0 saturated heterocycles. The number of hydrogen-bond acceptors (Lipinski definition) is 3. The van der Waals surface area contributed by atoms with Gasteiger partial charge in [0.25, 0.3) is 0 Å². The van der Waals surface area contributed by atoms with Crippen LogP contribution in [0.15, 0.2) is 36.4 Å². The average Bonchev–Trinajstić information content (AvgIpc) is 2.86. The van der Waals surface area contributed by atoms with Gasteiger partial charge < -0.3 is 15.2 Å². The molecule has 21 heavy (non-hydrogen) atoms. The summed E-state index contributed by atoms with van der Waals surface area (Å²) in [7, 11) is 1.69. The van der Waals surface area contributed by atoms with Crippen LogP contribution in [0.2, 0.25) is 0 Å². The summed E-state index contributed by atoms with van der Waals surface area (Å²) in [5.74, 6) is 1.76. The van der Waals surface area contributed by atoms with E-state index in [0.717, 1.165) is 29.9 Å². The lowest BCUT2D eigenvalue weighted by Gasteiger charge is -2.12. The van der Waals surface area contributed by atoms with E-state index in [9.17, 15) is 0 Å². The van der Waals surface area contributed by atoms with E-state index in [1.54, 1.807) is 7.11 Å². The maximum absolute atomic E-state index is 6.06. The Morgan fingerprint density at radius 2 is 2.05 bits per heavy atom. The monoisotopic (exact) mass is 283 g/mol. The smallest absolute Gasteiger partial charge is 0.125 e. The van der Waals surface area contributed by atoms with E-state index in [1.165, 1.54) is 16.7 Å². The minimum absolute atomic E-state index is 0.186. The van der Waals surface area contributed by atoms with Crippen molar-refractivity contribution in [3.05, 3.63) is 58.7 Å². The molecule has 0 unspecified atom stereocenters. The zero-order chi connectivity index (χ0) is 14.8. The molecule has 110 valence electrons. The first-order valence-corrected chi connectivity index (χ1v) is 7.32. The summed E-state index contributed by atoms with van der Waals surface area (Å²) in [6.07, 6.45) is 2.08. The predicted molar refractivity (Wildman–Crippen MR) is 83.8 cm³/mol. The number of aryl methyl sites for hydroxylation is 2. The van der Waals surface area contributed by atoms with E-state index in [-0.39, 0.29) is 6.04 Å². The highest BCUT2D eigenvalue weighted by Crippen LogP contribution is 2.32. The van der Waals surface area contributed by atoms with Gasteiger partial charge in [-0.3, -0.25) is 0 Å². The van der Waals surface area contributed by atoms with E-state index >= 15 is 0 Å². The van der Waals surface area contributed by atoms with Crippen molar-refractivity contribution in [1.82, 2.24) is 0 Å². The van der Waals surface area contributed by atoms with E-state index in [4.69, 9.17) is 15.2 Å². The lowest BCUT2D eigenvalue weighted by molar-refractivity contribution is 0.296. The van der Waals surface area contributed by atoms with Gasteiger partial charge in [0.1, 0.15) is 18.1 Å². The van der Waals surface area contributed by atoms with Crippen LogP contribution in [0.1, 0.15) is 34.7 Å². The molecule has 0 spiro atoms. The topological polar surface area (TPSA) is 44.5 Å².